The van der Waals surface area contributed by atoms with Crippen LogP contribution in [0.5, 0.6) is 0 Å². The maximum absolute atomic E-state index is 14.3. The van der Waals surface area contributed by atoms with Crippen LogP contribution in [-0.4, -0.2) is 82.9 Å². The number of amides is 4. The summed E-state index contributed by atoms with van der Waals surface area (Å²) in [5.41, 5.74) is 2.12. The van der Waals surface area contributed by atoms with Crippen molar-refractivity contribution in [2.45, 2.75) is 104 Å². The Labute approximate surface area is 236 Å². The van der Waals surface area contributed by atoms with Crippen LogP contribution in [0.4, 0.5) is 0 Å². The normalized spacial score (nSPS) is 28.3. The van der Waals surface area contributed by atoms with E-state index in [0.717, 1.165) is 19.3 Å². The highest BCUT2D eigenvalue weighted by Crippen LogP contribution is 2.84. The van der Waals surface area contributed by atoms with Gasteiger partial charge >= 0.3 is 0 Å². The summed E-state index contributed by atoms with van der Waals surface area (Å²) in [5, 5.41) is 15.8. The van der Waals surface area contributed by atoms with Crippen molar-refractivity contribution >= 4 is 29.4 Å². The number of carbonyl (C=O) groups is 5. The number of ketones is 1. The standard InChI is InChI=1S/C29H46N4O7/c1-25(2,3)20(32-24(38)26(4,5)39)23(37)33-13-28(27(6,7)29(28)14-40-15-29)12-18(33)22(36)31-17(19(34)21(30)35)11-16-9-8-10-16/h16-18,20,39H,8-15H2,1-7H3,(H2,30,35)(H,31,36)(H,32,38)/t17?,18-,20+,28+/m0/s1. The van der Waals surface area contributed by atoms with E-state index < -0.39 is 58.6 Å². The van der Waals surface area contributed by atoms with E-state index in [4.69, 9.17) is 10.5 Å². The lowest BCUT2D eigenvalue weighted by Crippen LogP contribution is -2.61. The summed E-state index contributed by atoms with van der Waals surface area (Å²) in [6, 6.07) is -2.99. The van der Waals surface area contributed by atoms with Crippen molar-refractivity contribution in [3.8, 4) is 0 Å². The predicted octanol–water partition coefficient (Wildman–Crippen LogP) is 0.661. The lowest BCUT2D eigenvalue weighted by Gasteiger charge is -2.37. The van der Waals surface area contributed by atoms with Gasteiger partial charge < -0.3 is 31.1 Å². The van der Waals surface area contributed by atoms with Crippen molar-refractivity contribution in [3.05, 3.63) is 0 Å². The molecule has 224 valence electrons. The molecule has 2 saturated heterocycles. The molecule has 5 N–H and O–H groups in total. The number of likely N-dealkylation sites (tertiary alicyclic amines) is 1. The minimum Gasteiger partial charge on any atom is -0.381 e. The highest BCUT2D eigenvalue weighted by molar-refractivity contribution is 6.37. The first-order valence-corrected chi connectivity index (χ1v) is 14.3. The quantitative estimate of drug-likeness (QED) is 0.299. The summed E-state index contributed by atoms with van der Waals surface area (Å²) < 4.78 is 5.61. The summed E-state index contributed by atoms with van der Waals surface area (Å²) in [7, 11) is 0. The van der Waals surface area contributed by atoms with E-state index in [9.17, 15) is 29.1 Å². The Morgan fingerprint density at radius 2 is 1.62 bits per heavy atom. The van der Waals surface area contributed by atoms with Gasteiger partial charge in [-0.3, -0.25) is 24.0 Å². The van der Waals surface area contributed by atoms with Crippen molar-refractivity contribution in [2.75, 3.05) is 19.8 Å². The van der Waals surface area contributed by atoms with E-state index >= 15 is 0 Å². The number of rotatable bonds is 9. The van der Waals surface area contributed by atoms with Crippen molar-refractivity contribution in [1.29, 1.82) is 0 Å². The van der Waals surface area contributed by atoms with Crippen molar-refractivity contribution < 1.29 is 33.8 Å². The summed E-state index contributed by atoms with van der Waals surface area (Å²) >= 11 is 0. The number of hydrogen-bond donors (Lipinski definition) is 4. The zero-order chi connectivity index (χ0) is 30.1. The third-order valence-corrected chi connectivity index (χ3v) is 10.5. The van der Waals surface area contributed by atoms with E-state index in [1.807, 2.05) is 20.8 Å². The maximum Gasteiger partial charge on any atom is 0.287 e. The smallest absolute Gasteiger partial charge is 0.287 e. The van der Waals surface area contributed by atoms with Gasteiger partial charge in [-0.05, 0) is 43.4 Å². The van der Waals surface area contributed by atoms with E-state index in [1.165, 1.54) is 18.7 Å². The minimum atomic E-state index is -1.71. The number of nitrogens with two attached hydrogens (primary N) is 1. The summed E-state index contributed by atoms with van der Waals surface area (Å²) in [6.45, 7) is 13.8. The molecular weight excluding hydrogens is 516 g/mol. The molecule has 4 fully saturated rings. The third kappa shape index (κ3) is 4.72. The molecule has 11 nitrogen and oxygen atoms in total. The minimum absolute atomic E-state index is 0.171. The molecule has 0 bridgehead atoms. The summed E-state index contributed by atoms with van der Waals surface area (Å²) in [5.74, 6) is -3.36. The number of primary amides is 1. The van der Waals surface area contributed by atoms with Crippen molar-refractivity contribution in [1.82, 2.24) is 15.5 Å². The van der Waals surface area contributed by atoms with Crippen LogP contribution in [0.25, 0.3) is 0 Å². The SMILES string of the molecule is CC(C)(O)C(=O)N[C@H](C(=O)N1C[C@]2(C[C@H]1C(=O)NC(CC1CCC1)C(=O)C(N)=O)C(C)(C)C21COC1)C(C)(C)C. The van der Waals surface area contributed by atoms with Gasteiger partial charge in [-0.1, -0.05) is 53.9 Å². The van der Waals surface area contributed by atoms with Crippen LogP contribution in [0.1, 0.15) is 80.6 Å². The molecule has 4 amide bonds. The Hall–Kier alpha value is -2.53. The monoisotopic (exact) mass is 562 g/mol. The Kier molecular flexibility index (Phi) is 7.45. The van der Waals surface area contributed by atoms with E-state index in [1.54, 1.807) is 0 Å². The zero-order valence-corrected chi connectivity index (χ0v) is 24.9. The van der Waals surface area contributed by atoms with Gasteiger partial charge in [0, 0.05) is 17.4 Å². The third-order valence-electron chi connectivity index (χ3n) is 10.5. The van der Waals surface area contributed by atoms with E-state index in [0.29, 0.717) is 32.6 Å². The molecule has 0 radical (unpaired) electrons. The lowest BCUT2D eigenvalue weighted by atomic mass is 9.80. The number of carbonyl (C=O) groups excluding carboxylic acids is 5. The van der Waals surface area contributed by atoms with Crippen LogP contribution in [0.2, 0.25) is 0 Å². The highest BCUT2D eigenvalue weighted by Gasteiger charge is 2.86. The largest absolute Gasteiger partial charge is 0.381 e. The molecule has 0 aromatic heterocycles. The molecule has 4 atom stereocenters. The Morgan fingerprint density at radius 1 is 1.02 bits per heavy atom. The molecule has 0 aromatic rings. The molecule has 11 heteroatoms. The Balaban J connectivity index is 1.65. The highest BCUT2D eigenvalue weighted by atomic mass is 16.5. The maximum atomic E-state index is 14.3. The van der Waals surface area contributed by atoms with Gasteiger partial charge in [0.2, 0.25) is 17.6 Å². The first kappa shape index (κ1) is 30.4. The zero-order valence-electron chi connectivity index (χ0n) is 24.9. The van der Waals surface area contributed by atoms with Gasteiger partial charge in [-0.25, -0.2) is 0 Å². The van der Waals surface area contributed by atoms with Crippen LogP contribution in [0.3, 0.4) is 0 Å². The fraction of sp³-hybridized carbons (Fsp3) is 0.828. The summed E-state index contributed by atoms with van der Waals surface area (Å²) in [6.07, 6.45) is 3.57. The number of nitrogens with one attached hydrogen (secondary N) is 2. The molecule has 2 heterocycles. The number of ether oxygens (including phenoxy) is 1. The average Bonchev–Trinajstić information content (AvgIpc) is 3.02. The number of hydrogen-bond acceptors (Lipinski definition) is 7. The van der Waals surface area contributed by atoms with Gasteiger partial charge in [0.05, 0.1) is 19.3 Å². The van der Waals surface area contributed by atoms with E-state index in [2.05, 4.69) is 24.5 Å². The van der Waals surface area contributed by atoms with Crippen LogP contribution >= 0.6 is 0 Å². The van der Waals surface area contributed by atoms with Crippen LogP contribution in [-0.2, 0) is 28.7 Å². The van der Waals surface area contributed by atoms with Crippen molar-refractivity contribution in [2.24, 2.45) is 33.3 Å². The molecule has 1 unspecified atom stereocenters. The molecular formula is C29H46N4O7. The lowest BCUT2D eigenvalue weighted by molar-refractivity contribution is -0.148. The average molecular weight is 563 g/mol. The molecule has 2 aliphatic carbocycles. The first-order chi connectivity index (χ1) is 18.3. The molecule has 2 spiro atoms. The van der Waals surface area contributed by atoms with Gasteiger partial charge in [-0.2, -0.15) is 0 Å². The second-order valence-corrected chi connectivity index (χ2v) is 14.6. The Bertz CT molecular complexity index is 1100. The van der Waals surface area contributed by atoms with Gasteiger partial charge in [0.25, 0.3) is 11.8 Å². The number of Topliss-reactive ketones (excluding diaryl/α,β-unsaturated/α-hetero) is 1. The first-order valence-electron chi connectivity index (χ1n) is 14.3. The molecule has 2 saturated carbocycles. The molecule has 2 aliphatic heterocycles. The molecule has 4 rings (SSSR count). The van der Waals surface area contributed by atoms with Gasteiger partial charge in [0.1, 0.15) is 17.7 Å². The molecule has 0 aromatic carbocycles. The van der Waals surface area contributed by atoms with E-state index in [-0.39, 0.29) is 22.2 Å². The second kappa shape index (κ2) is 9.79. The fourth-order valence-electron chi connectivity index (χ4n) is 7.23. The number of fused-ring (bicyclic) bond motifs is 1. The number of nitrogens with zero attached hydrogens (tertiary/aromatic N) is 1. The van der Waals surface area contributed by atoms with Gasteiger partial charge in [0.15, 0.2) is 0 Å². The second-order valence-electron chi connectivity index (χ2n) is 14.6. The number of aliphatic hydroxyl groups is 1. The van der Waals surface area contributed by atoms with Crippen molar-refractivity contribution in [3.63, 3.8) is 0 Å². The summed E-state index contributed by atoms with van der Waals surface area (Å²) in [4.78, 5) is 66.9. The topological polar surface area (TPSA) is 168 Å². The fourth-order valence-corrected chi connectivity index (χ4v) is 7.23. The molecule has 40 heavy (non-hydrogen) atoms. The van der Waals surface area contributed by atoms with Crippen LogP contribution < -0.4 is 16.4 Å². The Morgan fingerprint density at radius 3 is 2.02 bits per heavy atom. The van der Waals surface area contributed by atoms with Crippen LogP contribution in [0.15, 0.2) is 0 Å². The van der Waals surface area contributed by atoms with Gasteiger partial charge in [-0.15, -0.1) is 0 Å². The predicted molar refractivity (Wildman–Crippen MR) is 145 cm³/mol. The van der Waals surface area contributed by atoms with Crippen LogP contribution in [0, 0.1) is 27.6 Å². The molecule has 4 aliphatic rings.